The van der Waals surface area contributed by atoms with Crippen LogP contribution < -0.4 is 11.1 Å². The Morgan fingerprint density at radius 2 is 1.86 bits per heavy atom. The topological polar surface area (TPSA) is 75.4 Å². The summed E-state index contributed by atoms with van der Waals surface area (Å²) in [6, 6.07) is 5.64. The number of carbonyl (C=O) groups excluding carboxylic acids is 2. The van der Waals surface area contributed by atoms with Gasteiger partial charge in [0.2, 0.25) is 5.91 Å². The molecule has 1 aliphatic carbocycles. The molecule has 3 N–H and O–H groups in total. The van der Waals surface area contributed by atoms with Crippen molar-refractivity contribution in [1.29, 1.82) is 0 Å². The predicted octanol–water partition coefficient (Wildman–Crippen LogP) is 3.85. The van der Waals surface area contributed by atoms with Crippen LogP contribution in [-0.4, -0.2) is 36.3 Å². The molecular weight excluding hydrogens is 374 g/mol. The van der Waals surface area contributed by atoms with Crippen molar-refractivity contribution in [3.63, 3.8) is 0 Å². The Balaban J connectivity index is 0.00000280. The van der Waals surface area contributed by atoms with Gasteiger partial charge in [-0.15, -0.1) is 12.4 Å². The van der Waals surface area contributed by atoms with Crippen molar-refractivity contribution in [3.8, 4) is 0 Å². The molecule has 1 heterocycles. The molecule has 1 aromatic rings. The van der Waals surface area contributed by atoms with Gasteiger partial charge in [-0.05, 0) is 68.2 Å². The van der Waals surface area contributed by atoms with Crippen LogP contribution in [0.25, 0.3) is 0 Å². The van der Waals surface area contributed by atoms with E-state index in [1.165, 1.54) is 6.42 Å². The summed E-state index contributed by atoms with van der Waals surface area (Å²) in [5.74, 6) is 1.40. The molecule has 2 unspecified atom stereocenters. The van der Waals surface area contributed by atoms with Crippen LogP contribution in [0.2, 0.25) is 0 Å². The van der Waals surface area contributed by atoms with E-state index in [2.05, 4.69) is 19.2 Å². The van der Waals surface area contributed by atoms with Crippen molar-refractivity contribution in [2.45, 2.75) is 46.5 Å². The maximum atomic E-state index is 13.0. The second kappa shape index (κ2) is 9.75. The molecule has 0 aromatic heterocycles. The molecular formula is C22H34ClN3O2. The molecule has 3 rings (SSSR count). The third-order valence-electron chi connectivity index (χ3n) is 6.20. The quantitative estimate of drug-likeness (QED) is 0.795. The molecule has 0 bridgehead atoms. The standard InChI is InChI=1S/C22H33N3O2.ClH/c1-14-9-15(2)13-25(12-14)22(27)17-8-7-16(3)20(10-17)24-21(26)19-6-4-5-18(19)11-23;/h7-8,10,14-15,18-19H,4-6,9,11-13,23H2,1-3H3,(H,24,26);1H/t14?,15?,18-,19-;/m1./s1. The second-order valence-electron chi connectivity index (χ2n) is 8.71. The van der Waals surface area contributed by atoms with Gasteiger partial charge in [0, 0.05) is 30.3 Å². The number of carbonyl (C=O) groups is 2. The zero-order valence-corrected chi connectivity index (χ0v) is 18.1. The van der Waals surface area contributed by atoms with E-state index in [0.717, 1.165) is 43.6 Å². The molecule has 1 aromatic carbocycles. The molecule has 2 fully saturated rings. The van der Waals surface area contributed by atoms with Crippen LogP contribution in [0.1, 0.15) is 55.5 Å². The largest absolute Gasteiger partial charge is 0.338 e. The normalized spacial score (nSPS) is 27.2. The Kier molecular flexibility index (Phi) is 7.90. The van der Waals surface area contributed by atoms with E-state index in [1.807, 2.05) is 30.0 Å². The van der Waals surface area contributed by atoms with Gasteiger partial charge < -0.3 is 16.0 Å². The Morgan fingerprint density at radius 1 is 1.18 bits per heavy atom. The van der Waals surface area contributed by atoms with E-state index in [4.69, 9.17) is 5.73 Å². The Morgan fingerprint density at radius 3 is 2.50 bits per heavy atom. The second-order valence-corrected chi connectivity index (χ2v) is 8.71. The first-order valence-corrected chi connectivity index (χ1v) is 10.3. The van der Waals surface area contributed by atoms with Crippen molar-refractivity contribution >= 4 is 29.9 Å². The molecule has 1 aliphatic heterocycles. The fraction of sp³-hybridized carbons (Fsp3) is 0.636. The Hall–Kier alpha value is -1.59. The van der Waals surface area contributed by atoms with Gasteiger partial charge in [0.1, 0.15) is 0 Å². The maximum Gasteiger partial charge on any atom is 0.253 e. The smallest absolute Gasteiger partial charge is 0.253 e. The molecule has 2 aliphatic rings. The van der Waals surface area contributed by atoms with Gasteiger partial charge >= 0.3 is 0 Å². The van der Waals surface area contributed by atoms with Crippen LogP contribution in [0.4, 0.5) is 5.69 Å². The van der Waals surface area contributed by atoms with E-state index in [-0.39, 0.29) is 36.1 Å². The third-order valence-corrected chi connectivity index (χ3v) is 6.20. The van der Waals surface area contributed by atoms with Gasteiger partial charge in [-0.3, -0.25) is 9.59 Å². The fourth-order valence-electron chi connectivity index (χ4n) is 4.79. The van der Waals surface area contributed by atoms with E-state index in [1.54, 1.807) is 0 Å². The third kappa shape index (κ3) is 5.06. The summed E-state index contributed by atoms with van der Waals surface area (Å²) < 4.78 is 0. The number of aryl methyl sites for hydroxylation is 1. The van der Waals surface area contributed by atoms with Crippen LogP contribution in [0, 0.1) is 30.6 Å². The van der Waals surface area contributed by atoms with Crippen molar-refractivity contribution in [2.75, 3.05) is 25.0 Å². The number of rotatable bonds is 4. The number of hydrogen-bond acceptors (Lipinski definition) is 3. The number of nitrogens with two attached hydrogens (primary N) is 1. The van der Waals surface area contributed by atoms with E-state index in [9.17, 15) is 9.59 Å². The van der Waals surface area contributed by atoms with Gasteiger partial charge in [-0.1, -0.05) is 26.3 Å². The highest BCUT2D eigenvalue weighted by Gasteiger charge is 2.32. The number of piperidine rings is 1. The van der Waals surface area contributed by atoms with E-state index < -0.39 is 0 Å². The van der Waals surface area contributed by atoms with Gasteiger partial charge in [0.25, 0.3) is 5.91 Å². The number of nitrogens with one attached hydrogen (secondary N) is 1. The summed E-state index contributed by atoms with van der Waals surface area (Å²) >= 11 is 0. The average Bonchev–Trinajstić information content (AvgIpc) is 3.11. The van der Waals surface area contributed by atoms with Gasteiger partial charge in [0.15, 0.2) is 0 Å². The van der Waals surface area contributed by atoms with Gasteiger partial charge in [0.05, 0.1) is 0 Å². The first-order valence-electron chi connectivity index (χ1n) is 10.3. The molecule has 0 radical (unpaired) electrons. The van der Waals surface area contributed by atoms with Crippen LogP contribution in [-0.2, 0) is 4.79 Å². The molecule has 2 amide bonds. The minimum Gasteiger partial charge on any atom is -0.338 e. The number of anilines is 1. The number of hydrogen-bond donors (Lipinski definition) is 2. The Labute approximate surface area is 174 Å². The SMILES string of the molecule is Cc1ccc(C(=O)N2CC(C)CC(C)C2)cc1NC(=O)[C@@H]1CCC[C@@H]1CN.Cl. The number of amides is 2. The predicted molar refractivity (Wildman–Crippen MR) is 116 cm³/mol. The lowest BCUT2D eigenvalue weighted by molar-refractivity contribution is -0.120. The van der Waals surface area contributed by atoms with Crippen LogP contribution in [0.5, 0.6) is 0 Å². The van der Waals surface area contributed by atoms with Crippen molar-refractivity contribution in [2.24, 2.45) is 29.4 Å². The van der Waals surface area contributed by atoms with Crippen LogP contribution in [0.15, 0.2) is 18.2 Å². The fourth-order valence-corrected chi connectivity index (χ4v) is 4.79. The van der Waals surface area contributed by atoms with Gasteiger partial charge in [-0.2, -0.15) is 0 Å². The molecule has 6 heteroatoms. The first kappa shape index (κ1) is 22.7. The van der Waals surface area contributed by atoms with Crippen molar-refractivity contribution in [3.05, 3.63) is 29.3 Å². The number of benzene rings is 1. The summed E-state index contributed by atoms with van der Waals surface area (Å²) in [6.45, 7) is 8.53. The van der Waals surface area contributed by atoms with Crippen molar-refractivity contribution in [1.82, 2.24) is 4.90 Å². The number of nitrogens with zero attached hydrogens (tertiary/aromatic N) is 1. The summed E-state index contributed by atoms with van der Waals surface area (Å²) in [5.41, 5.74) is 8.19. The lowest BCUT2D eigenvalue weighted by atomic mass is 9.91. The molecule has 156 valence electrons. The average molecular weight is 408 g/mol. The molecule has 1 saturated carbocycles. The van der Waals surface area contributed by atoms with Gasteiger partial charge in [-0.25, -0.2) is 0 Å². The monoisotopic (exact) mass is 407 g/mol. The van der Waals surface area contributed by atoms with Crippen LogP contribution >= 0.6 is 12.4 Å². The van der Waals surface area contributed by atoms with E-state index >= 15 is 0 Å². The van der Waals surface area contributed by atoms with E-state index in [0.29, 0.717) is 23.9 Å². The number of halogens is 1. The minimum atomic E-state index is -0.0162. The molecule has 4 atom stereocenters. The summed E-state index contributed by atoms with van der Waals surface area (Å²) in [7, 11) is 0. The summed E-state index contributed by atoms with van der Waals surface area (Å²) in [6.07, 6.45) is 4.15. The lowest BCUT2D eigenvalue weighted by Gasteiger charge is -2.35. The molecule has 0 spiro atoms. The molecule has 1 saturated heterocycles. The zero-order chi connectivity index (χ0) is 19.6. The van der Waals surface area contributed by atoms with Crippen molar-refractivity contribution < 1.29 is 9.59 Å². The summed E-state index contributed by atoms with van der Waals surface area (Å²) in [4.78, 5) is 27.7. The highest BCUT2D eigenvalue weighted by atomic mass is 35.5. The zero-order valence-electron chi connectivity index (χ0n) is 17.2. The number of likely N-dealkylation sites (tertiary alicyclic amines) is 1. The minimum absolute atomic E-state index is 0. The highest BCUT2D eigenvalue weighted by Crippen LogP contribution is 2.32. The molecule has 28 heavy (non-hydrogen) atoms. The first-order chi connectivity index (χ1) is 12.9. The molecule has 5 nitrogen and oxygen atoms in total. The maximum absolute atomic E-state index is 13.0. The summed E-state index contributed by atoms with van der Waals surface area (Å²) in [5, 5.41) is 3.07. The highest BCUT2D eigenvalue weighted by molar-refractivity contribution is 5.98. The Bertz CT molecular complexity index is 699. The lowest BCUT2D eigenvalue weighted by Crippen LogP contribution is -2.42. The van der Waals surface area contributed by atoms with Crippen LogP contribution in [0.3, 0.4) is 0 Å².